The van der Waals surface area contributed by atoms with Gasteiger partial charge in [0.05, 0.1) is 6.54 Å². The number of piperidine rings is 1. The lowest BCUT2D eigenvalue weighted by Crippen LogP contribution is -2.54. The quantitative estimate of drug-likeness (QED) is 0.657. The fourth-order valence-corrected chi connectivity index (χ4v) is 7.13. The van der Waals surface area contributed by atoms with Crippen molar-refractivity contribution >= 4 is 54.9 Å². The topological polar surface area (TPSA) is 90.0 Å². The zero-order valence-corrected chi connectivity index (χ0v) is 20.5. The Hall–Kier alpha value is -1.72. The number of fused-ring (bicyclic) bond motifs is 1. The molecular weight excluding hydrogens is 472 g/mol. The fraction of sp³-hybridized carbons (Fsp3) is 0.524. The first kappa shape index (κ1) is 23.4. The van der Waals surface area contributed by atoms with Crippen molar-refractivity contribution in [2.45, 2.75) is 35.6 Å². The minimum atomic E-state index is -3.87. The molecule has 1 N–H and O–H groups in total. The van der Waals surface area contributed by atoms with E-state index in [-0.39, 0.29) is 22.6 Å². The number of likely N-dealkylation sites (tertiary alicyclic amines) is 2. The summed E-state index contributed by atoms with van der Waals surface area (Å²) in [6, 6.07) is 6.24. The number of halogens is 1. The van der Waals surface area contributed by atoms with Gasteiger partial charge >= 0.3 is 0 Å². The van der Waals surface area contributed by atoms with Crippen molar-refractivity contribution in [1.82, 2.24) is 19.4 Å². The number of benzene rings is 1. The Balaban J connectivity index is 1.41. The number of sulfonamides is 1. The van der Waals surface area contributed by atoms with Crippen molar-refractivity contribution in [3.63, 3.8) is 0 Å². The maximum atomic E-state index is 13.0. The smallest absolute Gasteiger partial charge is 0.250 e. The minimum Gasteiger partial charge on any atom is -0.340 e. The van der Waals surface area contributed by atoms with Crippen LogP contribution < -0.4 is 4.72 Å². The molecule has 8 nitrogen and oxygen atoms in total. The third kappa shape index (κ3) is 4.94. The maximum absolute atomic E-state index is 13.0. The summed E-state index contributed by atoms with van der Waals surface area (Å²) in [6.07, 6.45) is 1.95. The number of nitrogens with zero attached hydrogens (tertiary/aromatic N) is 3. The van der Waals surface area contributed by atoms with Gasteiger partial charge in [-0.15, -0.1) is 11.3 Å². The van der Waals surface area contributed by atoms with Crippen molar-refractivity contribution in [2.24, 2.45) is 0 Å². The molecule has 1 aromatic heterocycles. The van der Waals surface area contributed by atoms with E-state index in [0.717, 1.165) is 27.8 Å². The molecule has 0 radical (unpaired) electrons. The minimum absolute atomic E-state index is 0.0153. The molecule has 0 spiro atoms. The van der Waals surface area contributed by atoms with Gasteiger partial charge in [-0.2, -0.15) is 4.72 Å². The van der Waals surface area contributed by atoms with Crippen LogP contribution in [0, 0.1) is 0 Å². The molecule has 174 valence electrons. The van der Waals surface area contributed by atoms with E-state index in [1.165, 1.54) is 4.90 Å². The molecule has 2 aromatic rings. The monoisotopic (exact) mass is 498 g/mol. The molecule has 32 heavy (non-hydrogen) atoms. The molecule has 2 aliphatic heterocycles. The van der Waals surface area contributed by atoms with E-state index in [2.05, 4.69) is 9.62 Å². The number of hydrogen-bond donors (Lipinski definition) is 1. The molecule has 0 unspecified atom stereocenters. The van der Waals surface area contributed by atoms with E-state index >= 15 is 0 Å². The Morgan fingerprint density at radius 2 is 2.03 bits per heavy atom. The first-order valence-electron chi connectivity index (χ1n) is 10.6. The molecule has 4 rings (SSSR count). The molecule has 2 fully saturated rings. The molecular formula is C21H27ClN4O4S2. The lowest BCUT2D eigenvalue weighted by molar-refractivity contribution is -0.142. The van der Waals surface area contributed by atoms with Crippen LogP contribution in [-0.4, -0.2) is 87.3 Å². The van der Waals surface area contributed by atoms with Crippen LogP contribution in [0.25, 0.3) is 10.1 Å². The second kappa shape index (κ2) is 9.26. The summed E-state index contributed by atoms with van der Waals surface area (Å²) in [6.45, 7) is 1.77. The van der Waals surface area contributed by atoms with Crippen LogP contribution in [0.4, 0.5) is 0 Å². The number of likely N-dealkylation sites (N-methyl/N-ethyl adjacent to an activating group) is 1. The summed E-state index contributed by atoms with van der Waals surface area (Å²) >= 11 is 7.12. The molecule has 2 amide bonds. The standard InChI is InChI=1S/C21H27ClN4O4S2/c1-24(2)16-7-9-25(12-16)19(27)13-26-8-3-4-17(21(26)28)23-32(29,30)20-10-14-5-6-15(22)11-18(14)31-20/h5-6,10-11,16-17,23H,3-4,7-9,12-13H2,1-2H3/t16-,17+/m1/s1. The predicted octanol–water partition coefficient (Wildman–Crippen LogP) is 1.99. The van der Waals surface area contributed by atoms with Crippen molar-refractivity contribution < 1.29 is 18.0 Å². The molecule has 2 atom stereocenters. The van der Waals surface area contributed by atoms with Crippen LogP contribution in [0.5, 0.6) is 0 Å². The highest BCUT2D eigenvalue weighted by atomic mass is 35.5. The van der Waals surface area contributed by atoms with Crippen molar-refractivity contribution in [3.05, 3.63) is 29.3 Å². The highest BCUT2D eigenvalue weighted by molar-refractivity contribution is 7.91. The number of thiophene rings is 1. The SMILES string of the molecule is CN(C)[C@@H]1CCN(C(=O)CN2CCC[C@H](NS(=O)(=O)c3cc4ccc(Cl)cc4s3)C2=O)C1. The van der Waals surface area contributed by atoms with E-state index < -0.39 is 16.1 Å². The van der Waals surface area contributed by atoms with Crippen molar-refractivity contribution in [1.29, 1.82) is 0 Å². The molecule has 11 heteroatoms. The number of rotatable bonds is 6. The highest BCUT2D eigenvalue weighted by Gasteiger charge is 2.35. The Bertz CT molecular complexity index is 1130. The number of amides is 2. The van der Waals surface area contributed by atoms with Gasteiger partial charge in [-0.3, -0.25) is 9.59 Å². The van der Waals surface area contributed by atoms with Gasteiger partial charge in [-0.25, -0.2) is 8.42 Å². The predicted molar refractivity (Wildman–Crippen MR) is 125 cm³/mol. The average molecular weight is 499 g/mol. The summed E-state index contributed by atoms with van der Waals surface area (Å²) in [5, 5.41) is 1.32. The van der Waals surface area contributed by atoms with Gasteiger partial charge < -0.3 is 14.7 Å². The molecule has 0 aliphatic carbocycles. The molecule has 0 saturated carbocycles. The summed E-state index contributed by atoms with van der Waals surface area (Å²) in [7, 11) is 0.115. The molecule has 3 heterocycles. The Labute approximate surface area is 197 Å². The molecule has 1 aromatic carbocycles. The summed E-state index contributed by atoms with van der Waals surface area (Å²) in [4.78, 5) is 31.1. The van der Waals surface area contributed by atoms with Crippen LogP contribution >= 0.6 is 22.9 Å². The number of nitrogens with one attached hydrogen (secondary N) is 1. The van der Waals surface area contributed by atoms with E-state index in [1.54, 1.807) is 29.2 Å². The average Bonchev–Trinajstić information content (AvgIpc) is 3.38. The van der Waals surface area contributed by atoms with Crippen molar-refractivity contribution in [2.75, 3.05) is 40.3 Å². The van der Waals surface area contributed by atoms with Gasteiger partial charge in [0.1, 0.15) is 10.3 Å². The summed E-state index contributed by atoms with van der Waals surface area (Å²) < 4.78 is 29.4. The summed E-state index contributed by atoms with van der Waals surface area (Å²) in [5.41, 5.74) is 0. The number of carbonyl (C=O) groups is 2. The van der Waals surface area contributed by atoms with E-state index in [4.69, 9.17) is 11.6 Å². The lowest BCUT2D eigenvalue weighted by Gasteiger charge is -2.33. The molecule has 0 bridgehead atoms. The number of hydrogen-bond acceptors (Lipinski definition) is 6. The van der Waals surface area contributed by atoms with Crippen LogP contribution in [0.1, 0.15) is 19.3 Å². The summed E-state index contributed by atoms with van der Waals surface area (Å²) in [5.74, 6) is -0.437. The van der Waals surface area contributed by atoms with Crippen LogP contribution in [0.15, 0.2) is 28.5 Å². The zero-order valence-electron chi connectivity index (χ0n) is 18.1. The molecule has 2 saturated heterocycles. The fourth-order valence-electron chi connectivity index (χ4n) is 4.22. The third-order valence-corrected chi connectivity index (χ3v) is 9.40. The highest BCUT2D eigenvalue weighted by Crippen LogP contribution is 2.31. The molecule has 2 aliphatic rings. The second-order valence-electron chi connectivity index (χ2n) is 8.57. The largest absolute Gasteiger partial charge is 0.340 e. The first-order chi connectivity index (χ1) is 15.1. The second-order valence-corrected chi connectivity index (χ2v) is 12.0. The van der Waals surface area contributed by atoms with Gasteiger partial charge in [-0.1, -0.05) is 17.7 Å². The van der Waals surface area contributed by atoms with Gasteiger partial charge in [-0.05, 0) is 56.9 Å². The Morgan fingerprint density at radius 1 is 1.25 bits per heavy atom. The van der Waals surface area contributed by atoms with E-state index in [0.29, 0.717) is 43.5 Å². The lowest BCUT2D eigenvalue weighted by atomic mass is 10.1. The van der Waals surface area contributed by atoms with Crippen molar-refractivity contribution in [3.8, 4) is 0 Å². The maximum Gasteiger partial charge on any atom is 0.250 e. The number of carbonyl (C=O) groups excluding carboxylic acids is 2. The van der Waals surface area contributed by atoms with Crippen LogP contribution in [0.3, 0.4) is 0 Å². The Morgan fingerprint density at radius 3 is 2.75 bits per heavy atom. The third-order valence-electron chi connectivity index (χ3n) is 6.12. The van der Waals surface area contributed by atoms with Gasteiger partial charge in [0.15, 0.2) is 0 Å². The zero-order chi connectivity index (χ0) is 23.0. The van der Waals surface area contributed by atoms with Crippen LogP contribution in [-0.2, 0) is 19.6 Å². The van der Waals surface area contributed by atoms with Gasteiger partial charge in [0.2, 0.25) is 11.8 Å². The van der Waals surface area contributed by atoms with Gasteiger partial charge in [0, 0.05) is 35.4 Å². The van der Waals surface area contributed by atoms with E-state index in [9.17, 15) is 18.0 Å². The Kier molecular flexibility index (Phi) is 6.78. The normalized spacial score (nSPS) is 22.3. The van der Waals surface area contributed by atoms with Gasteiger partial charge in [0.25, 0.3) is 10.0 Å². The first-order valence-corrected chi connectivity index (χ1v) is 13.3. The van der Waals surface area contributed by atoms with Crippen LogP contribution in [0.2, 0.25) is 5.02 Å². The van der Waals surface area contributed by atoms with E-state index in [1.807, 2.05) is 14.1 Å².